The van der Waals surface area contributed by atoms with Gasteiger partial charge < -0.3 is 4.90 Å². The molecule has 0 aromatic heterocycles. The van der Waals surface area contributed by atoms with Gasteiger partial charge in [-0.05, 0) is 25.0 Å². The zero-order valence-corrected chi connectivity index (χ0v) is 14.1. The maximum Gasteiger partial charge on any atom is 0.241 e. The summed E-state index contributed by atoms with van der Waals surface area (Å²) < 4.78 is 28.1. The third-order valence-electron chi connectivity index (χ3n) is 4.23. The number of fused-ring (bicyclic) bond motifs is 1. The van der Waals surface area contributed by atoms with E-state index in [0.29, 0.717) is 18.2 Å². The second-order valence-corrected chi connectivity index (χ2v) is 7.74. The van der Waals surface area contributed by atoms with Crippen LogP contribution in [-0.4, -0.2) is 34.3 Å². The lowest BCUT2D eigenvalue weighted by atomic mass is 10.1. The monoisotopic (exact) mass is 332 g/mol. The number of hydrogen-bond acceptors (Lipinski definition) is 4. The van der Waals surface area contributed by atoms with E-state index in [9.17, 15) is 13.2 Å². The van der Waals surface area contributed by atoms with E-state index in [1.807, 2.05) is 37.2 Å². The molecule has 0 saturated heterocycles. The molecule has 0 unspecified atom stereocenters. The molecular weight excluding hydrogens is 312 g/mol. The van der Waals surface area contributed by atoms with Gasteiger partial charge >= 0.3 is 0 Å². The van der Waals surface area contributed by atoms with E-state index in [4.69, 9.17) is 0 Å². The van der Waals surface area contributed by atoms with Gasteiger partial charge in [-0.25, -0.2) is 13.1 Å². The van der Waals surface area contributed by atoms with E-state index in [1.54, 1.807) is 18.2 Å². The lowest BCUT2D eigenvalue weighted by molar-refractivity contribution is -0.118. The van der Waals surface area contributed by atoms with E-state index < -0.39 is 16.1 Å². The molecule has 1 N–H and O–H groups in total. The number of anilines is 1. The predicted octanol–water partition coefficient (Wildman–Crippen LogP) is 2.31. The van der Waals surface area contributed by atoms with Gasteiger partial charge in [0.15, 0.2) is 5.78 Å². The van der Waals surface area contributed by atoms with Crippen LogP contribution in [0.3, 0.4) is 0 Å². The lowest BCUT2D eigenvalue weighted by Crippen LogP contribution is -2.37. The van der Waals surface area contributed by atoms with Gasteiger partial charge in [0.1, 0.15) is 0 Å². The molecule has 2 aromatic rings. The van der Waals surface area contributed by atoms with Crippen LogP contribution in [-0.2, 0) is 14.8 Å². The summed E-state index contributed by atoms with van der Waals surface area (Å²) >= 11 is 0. The Labute approximate surface area is 136 Å². The molecule has 0 aliphatic heterocycles. The van der Waals surface area contributed by atoms with Gasteiger partial charge in [-0.15, -0.1) is 0 Å². The molecule has 6 heteroatoms. The zero-order chi connectivity index (χ0) is 16.6. The molecule has 23 heavy (non-hydrogen) atoms. The molecule has 1 saturated carbocycles. The minimum atomic E-state index is -3.74. The van der Waals surface area contributed by atoms with Crippen molar-refractivity contribution in [2.75, 3.05) is 19.0 Å². The van der Waals surface area contributed by atoms with Crippen LogP contribution < -0.4 is 9.62 Å². The smallest absolute Gasteiger partial charge is 0.241 e. The normalized spacial score (nSPS) is 18.5. The molecule has 5 nitrogen and oxygen atoms in total. The average molecular weight is 332 g/mol. The van der Waals surface area contributed by atoms with E-state index in [-0.39, 0.29) is 10.7 Å². The number of rotatable bonds is 4. The minimum absolute atomic E-state index is 0.0252. The van der Waals surface area contributed by atoms with E-state index >= 15 is 0 Å². The molecule has 0 bridgehead atoms. The van der Waals surface area contributed by atoms with Crippen molar-refractivity contribution >= 4 is 32.3 Å². The Balaban J connectivity index is 2.09. The number of Topliss-reactive ketones (excluding diaryl/α,β-unsaturated/α-hetero) is 1. The highest BCUT2D eigenvalue weighted by molar-refractivity contribution is 7.89. The SMILES string of the molecule is CN(C)c1cccc2c(S(=O)(=O)N[C@@H]3CCCC3=O)cccc12. The van der Waals surface area contributed by atoms with Gasteiger partial charge in [0.25, 0.3) is 0 Å². The molecule has 0 radical (unpaired) electrons. The second-order valence-electron chi connectivity index (χ2n) is 6.06. The number of carbonyl (C=O) groups excluding carboxylic acids is 1. The number of nitrogens with one attached hydrogen (secondary N) is 1. The van der Waals surface area contributed by atoms with Crippen LogP contribution in [0.5, 0.6) is 0 Å². The van der Waals surface area contributed by atoms with Crippen molar-refractivity contribution in [2.45, 2.75) is 30.2 Å². The van der Waals surface area contributed by atoms with Crippen LogP contribution in [0.1, 0.15) is 19.3 Å². The number of benzene rings is 2. The highest BCUT2D eigenvalue weighted by Crippen LogP contribution is 2.30. The van der Waals surface area contributed by atoms with Gasteiger partial charge in [-0.2, -0.15) is 0 Å². The Hall–Kier alpha value is -1.92. The van der Waals surface area contributed by atoms with Crippen molar-refractivity contribution in [1.29, 1.82) is 0 Å². The molecule has 1 atom stereocenters. The minimum Gasteiger partial charge on any atom is -0.377 e. The number of carbonyl (C=O) groups is 1. The molecule has 122 valence electrons. The summed E-state index contributed by atoms with van der Waals surface area (Å²) in [6, 6.07) is 10.2. The first-order chi connectivity index (χ1) is 10.9. The standard InChI is InChI=1S/C17H20N2O3S/c1-19(2)15-9-3-7-13-12(15)6-4-11-17(13)23(21,22)18-14-8-5-10-16(14)20/h3-4,6-7,9,11,14,18H,5,8,10H2,1-2H3/t14-/m1/s1. The molecular formula is C17H20N2O3S. The van der Waals surface area contributed by atoms with Crippen molar-refractivity contribution in [3.8, 4) is 0 Å². The maximum atomic E-state index is 12.8. The molecule has 0 heterocycles. The maximum absolute atomic E-state index is 12.8. The predicted molar refractivity (Wildman–Crippen MR) is 91.2 cm³/mol. The van der Waals surface area contributed by atoms with Gasteiger partial charge in [0.2, 0.25) is 10.0 Å². The Morgan fingerprint density at radius 3 is 2.43 bits per heavy atom. The van der Waals surface area contributed by atoms with E-state index in [0.717, 1.165) is 17.5 Å². The van der Waals surface area contributed by atoms with Gasteiger partial charge in [0.05, 0.1) is 10.9 Å². The first-order valence-electron chi connectivity index (χ1n) is 7.64. The van der Waals surface area contributed by atoms with Crippen LogP contribution in [0, 0.1) is 0 Å². The average Bonchev–Trinajstić information content (AvgIpc) is 2.90. The van der Waals surface area contributed by atoms with Crippen molar-refractivity contribution in [2.24, 2.45) is 0 Å². The number of nitrogens with zero attached hydrogens (tertiary/aromatic N) is 1. The largest absolute Gasteiger partial charge is 0.377 e. The number of hydrogen-bond donors (Lipinski definition) is 1. The Morgan fingerprint density at radius 2 is 1.78 bits per heavy atom. The van der Waals surface area contributed by atoms with Crippen molar-refractivity contribution < 1.29 is 13.2 Å². The number of sulfonamides is 1. The summed E-state index contributed by atoms with van der Waals surface area (Å²) in [6.45, 7) is 0. The summed E-state index contributed by atoms with van der Waals surface area (Å²) in [4.78, 5) is 13.9. The fourth-order valence-electron chi connectivity index (χ4n) is 3.08. The van der Waals surface area contributed by atoms with Crippen LogP contribution >= 0.6 is 0 Å². The van der Waals surface area contributed by atoms with E-state index in [2.05, 4.69) is 4.72 Å². The van der Waals surface area contributed by atoms with Crippen molar-refractivity contribution in [3.05, 3.63) is 36.4 Å². The van der Waals surface area contributed by atoms with Crippen LogP contribution in [0.2, 0.25) is 0 Å². The summed E-state index contributed by atoms with van der Waals surface area (Å²) in [6.07, 6.45) is 1.77. The zero-order valence-electron chi connectivity index (χ0n) is 13.2. The quantitative estimate of drug-likeness (QED) is 0.933. The molecule has 1 aliphatic rings. The topological polar surface area (TPSA) is 66.5 Å². The summed E-state index contributed by atoms with van der Waals surface area (Å²) in [5, 5.41) is 1.54. The summed E-state index contributed by atoms with van der Waals surface area (Å²) in [5.74, 6) is -0.0252. The first-order valence-corrected chi connectivity index (χ1v) is 9.12. The fraction of sp³-hybridized carbons (Fsp3) is 0.353. The summed E-state index contributed by atoms with van der Waals surface area (Å²) in [5.41, 5.74) is 0.955. The highest BCUT2D eigenvalue weighted by atomic mass is 32.2. The van der Waals surface area contributed by atoms with Gasteiger partial charge in [0, 0.05) is 37.0 Å². The van der Waals surface area contributed by atoms with Crippen molar-refractivity contribution in [3.63, 3.8) is 0 Å². The van der Waals surface area contributed by atoms with Crippen LogP contribution in [0.25, 0.3) is 10.8 Å². The highest BCUT2D eigenvalue weighted by Gasteiger charge is 2.30. The van der Waals surface area contributed by atoms with Gasteiger partial charge in [-0.1, -0.05) is 24.3 Å². The van der Waals surface area contributed by atoms with Crippen molar-refractivity contribution in [1.82, 2.24) is 4.72 Å². The Morgan fingerprint density at radius 1 is 1.09 bits per heavy atom. The van der Waals surface area contributed by atoms with Crippen LogP contribution in [0.15, 0.2) is 41.3 Å². The number of ketones is 1. The fourth-order valence-corrected chi connectivity index (χ4v) is 4.56. The third kappa shape index (κ3) is 2.96. The van der Waals surface area contributed by atoms with Gasteiger partial charge in [-0.3, -0.25) is 4.79 Å². The first kappa shape index (κ1) is 16.0. The van der Waals surface area contributed by atoms with Crippen LogP contribution in [0.4, 0.5) is 5.69 Å². The molecule has 1 fully saturated rings. The molecule has 0 spiro atoms. The molecule has 2 aromatic carbocycles. The molecule has 1 aliphatic carbocycles. The summed E-state index contributed by atoms with van der Waals surface area (Å²) in [7, 11) is 0.109. The second kappa shape index (κ2) is 5.94. The van der Waals surface area contributed by atoms with E-state index in [1.165, 1.54) is 0 Å². The molecule has 0 amide bonds. The third-order valence-corrected chi connectivity index (χ3v) is 5.76. The Bertz CT molecular complexity index is 859. The molecule has 3 rings (SSSR count). The Kier molecular flexibility index (Phi) is 4.12. The lowest BCUT2D eigenvalue weighted by Gasteiger charge is -2.18.